The Balaban J connectivity index is 2.36. The maximum Gasteiger partial charge on any atom is 0.247 e. The summed E-state index contributed by atoms with van der Waals surface area (Å²) >= 11 is 0. The monoisotopic (exact) mass is 392 g/mol. The van der Waals surface area contributed by atoms with Gasteiger partial charge in [0.15, 0.2) is 0 Å². The van der Waals surface area contributed by atoms with Crippen molar-refractivity contribution in [2.45, 2.75) is 19.9 Å². The predicted octanol–water partition coefficient (Wildman–Crippen LogP) is 2.81. The molecule has 0 heterocycles. The Morgan fingerprint density at radius 3 is 2.22 bits per heavy atom. The van der Waals surface area contributed by atoms with Crippen LogP contribution in [0.25, 0.3) is 0 Å². The molecule has 2 aromatic carbocycles. The summed E-state index contributed by atoms with van der Waals surface area (Å²) in [5, 5.41) is 2.73. The summed E-state index contributed by atoms with van der Waals surface area (Å²) in [4.78, 5) is 12.7. The molecule has 1 atom stereocenters. The van der Waals surface area contributed by atoms with E-state index in [1.165, 1.54) is 14.0 Å². The average Bonchev–Trinajstić information content (AvgIpc) is 2.61. The lowest BCUT2D eigenvalue weighted by Gasteiger charge is -2.29. The van der Waals surface area contributed by atoms with E-state index in [-0.39, 0.29) is 0 Å². The van der Waals surface area contributed by atoms with Gasteiger partial charge >= 0.3 is 0 Å². The minimum Gasteiger partial charge on any atom is -0.497 e. The highest BCUT2D eigenvalue weighted by atomic mass is 32.2. The SMILES string of the molecule is COc1ccc(NC(=O)[C@@H](C)N(c2cc(C)ccc2OC)S(C)(=O)=O)cc1. The molecule has 146 valence electrons. The third kappa shape index (κ3) is 4.91. The lowest BCUT2D eigenvalue weighted by atomic mass is 10.2. The first-order valence-corrected chi connectivity index (χ1v) is 10.1. The molecule has 0 aliphatic carbocycles. The number of ether oxygens (including phenoxy) is 2. The van der Waals surface area contributed by atoms with Crippen molar-refractivity contribution >= 4 is 27.3 Å². The van der Waals surface area contributed by atoms with E-state index in [1.54, 1.807) is 43.5 Å². The van der Waals surface area contributed by atoms with Crippen molar-refractivity contribution in [3.8, 4) is 11.5 Å². The molecule has 7 nitrogen and oxygen atoms in total. The number of carbonyl (C=O) groups is 1. The molecule has 0 aromatic heterocycles. The summed E-state index contributed by atoms with van der Waals surface area (Å²) in [7, 11) is -0.736. The molecule has 2 rings (SSSR count). The van der Waals surface area contributed by atoms with Gasteiger partial charge < -0.3 is 14.8 Å². The Labute approximate surface area is 160 Å². The largest absolute Gasteiger partial charge is 0.497 e. The van der Waals surface area contributed by atoms with Crippen LogP contribution in [0.4, 0.5) is 11.4 Å². The van der Waals surface area contributed by atoms with Gasteiger partial charge in [0.2, 0.25) is 15.9 Å². The highest BCUT2D eigenvalue weighted by molar-refractivity contribution is 7.92. The van der Waals surface area contributed by atoms with Crippen molar-refractivity contribution in [1.82, 2.24) is 0 Å². The number of hydrogen-bond donors (Lipinski definition) is 1. The van der Waals surface area contributed by atoms with Crippen LogP contribution in [-0.2, 0) is 14.8 Å². The molecule has 0 aliphatic rings. The third-order valence-electron chi connectivity index (χ3n) is 4.02. The highest BCUT2D eigenvalue weighted by Gasteiger charge is 2.31. The van der Waals surface area contributed by atoms with E-state index >= 15 is 0 Å². The lowest BCUT2D eigenvalue weighted by Crippen LogP contribution is -2.45. The Morgan fingerprint density at radius 2 is 1.70 bits per heavy atom. The van der Waals surface area contributed by atoms with Crippen LogP contribution in [0.1, 0.15) is 12.5 Å². The number of hydrogen-bond acceptors (Lipinski definition) is 5. The normalized spacial score (nSPS) is 12.2. The van der Waals surface area contributed by atoms with E-state index in [0.29, 0.717) is 22.9 Å². The fourth-order valence-corrected chi connectivity index (χ4v) is 3.84. The number of nitrogens with zero attached hydrogens (tertiary/aromatic N) is 1. The van der Waals surface area contributed by atoms with Crippen LogP contribution in [0.3, 0.4) is 0 Å². The second-order valence-electron chi connectivity index (χ2n) is 6.13. The van der Waals surface area contributed by atoms with Gasteiger partial charge in [0, 0.05) is 5.69 Å². The van der Waals surface area contributed by atoms with Crippen molar-refractivity contribution in [2.24, 2.45) is 0 Å². The molecule has 0 bridgehead atoms. The second kappa shape index (κ2) is 8.30. The van der Waals surface area contributed by atoms with Crippen molar-refractivity contribution in [3.63, 3.8) is 0 Å². The van der Waals surface area contributed by atoms with E-state index in [4.69, 9.17) is 9.47 Å². The molecule has 0 radical (unpaired) electrons. The van der Waals surface area contributed by atoms with Crippen LogP contribution in [0, 0.1) is 6.92 Å². The molecule has 8 heteroatoms. The van der Waals surface area contributed by atoms with E-state index < -0.39 is 22.0 Å². The summed E-state index contributed by atoms with van der Waals surface area (Å²) in [6.07, 6.45) is 1.06. The highest BCUT2D eigenvalue weighted by Crippen LogP contribution is 2.32. The van der Waals surface area contributed by atoms with E-state index in [2.05, 4.69) is 5.32 Å². The summed E-state index contributed by atoms with van der Waals surface area (Å²) in [6, 6.07) is 11.0. The van der Waals surface area contributed by atoms with Crippen LogP contribution in [0.5, 0.6) is 11.5 Å². The molecular weight excluding hydrogens is 368 g/mol. The van der Waals surface area contributed by atoms with Crippen molar-refractivity contribution in [3.05, 3.63) is 48.0 Å². The van der Waals surface area contributed by atoms with Gasteiger partial charge in [0.05, 0.1) is 26.2 Å². The number of anilines is 2. The zero-order valence-electron chi connectivity index (χ0n) is 16.0. The topological polar surface area (TPSA) is 84.9 Å². The summed E-state index contributed by atoms with van der Waals surface area (Å²) in [5.41, 5.74) is 1.71. The second-order valence-corrected chi connectivity index (χ2v) is 7.99. The van der Waals surface area contributed by atoms with Crippen LogP contribution in [-0.4, -0.2) is 40.8 Å². The Kier molecular flexibility index (Phi) is 6.32. The molecule has 0 spiro atoms. The number of nitrogens with one attached hydrogen (secondary N) is 1. The van der Waals surface area contributed by atoms with Crippen molar-refractivity contribution in [2.75, 3.05) is 30.1 Å². The molecule has 2 aromatic rings. The van der Waals surface area contributed by atoms with Gasteiger partial charge in [0.25, 0.3) is 0 Å². The van der Waals surface area contributed by atoms with Gasteiger partial charge in [-0.2, -0.15) is 0 Å². The molecule has 1 N–H and O–H groups in total. The van der Waals surface area contributed by atoms with Crippen LogP contribution < -0.4 is 19.1 Å². The van der Waals surface area contributed by atoms with Crippen LogP contribution in [0.2, 0.25) is 0 Å². The molecule has 0 saturated heterocycles. The molecule has 0 unspecified atom stereocenters. The first-order valence-electron chi connectivity index (χ1n) is 8.26. The van der Waals surface area contributed by atoms with E-state index in [0.717, 1.165) is 16.1 Å². The molecule has 0 aliphatic heterocycles. The van der Waals surface area contributed by atoms with Crippen molar-refractivity contribution < 1.29 is 22.7 Å². The van der Waals surface area contributed by atoms with Gasteiger partial charge in [-0.3, -0.25) is 9.10 Å². The molecule has 27 heavy (non-hydrogen) atoms. The Bertz CT molecular complexity index is 910. The Morgan fingerprint density at radius 1 is 1.07 bits per heavy atom. The predicted molar refractivity (Wildman–Crippen MR) is 106 cm³/mol. The van der Waals surface area contributed by atoms with Gasteiger partial charge in [-0.25, -0.2) is 8.42 Å². The quantitative estimate of drug-likeness (QED) is 0.783. The van der Waals surface area contributed by atoms with Gasteiger partial charge in [-0.05, 0) is 55.8 Å². The third-order valence-corrected chi connectivity index (χ3v) is 5.25. The average molecular weight is 392 g/mol. The number of carbonyl (C=O) groups excluding carboxylic acids is 1. The summed E-state index contributed by atoms with van der Waals surface area (Å²) in [5.74, 6) is 0.563. The number of amides is 1. The zero-order valence-corrected chi connectivity index (χ0v) is 16.8. The number of sulfonamides is 1. The smallest absolute Gasteiger partial charge is 0.247 e. The molecule has 0 saturated carbocycles. The minimum absolute atomic E-state index is 0.317. The van der Waals surface area contributed by atoms with Gasteiger partial charge in [-0.15, -0.1) is 0 Å². The van der Waals surface area contributed by atoms with Gasteiger partial charge in [-0.1, -0.05) is 6.07 Å². The fourth-order valence-electron chi connectivity index (χ4n) is 2.67. The first kappa shape index (κ1) is 20.6. The molecule has 1 amide bonds. The van der Waals surface area contributed by atoms with E-state index in [1.807, 2.05) is 13.0 Å². The Hall–Kier alpha value is -2.74. The van der Waals surface area contributed by atoms with Crippen molar-refractivity contribution in [1.29, 1.82) is 0 Å². The van der Waals surface area contributed by atoms with E-state index in [9.17, 15) is 13.2 Å². The summed E-state index contributed by atoms with van der Waals surface area (Å²) < 4.78 is 36.4. The number of rotatable bonds is 7. The molecular formula is C19H24N2O5S. The number of benzene rings is 2. The van der Waals surface area contributed by atoms with Crippen LogP contribution >= 0.6 is 0 Å². The summed E-state index contributed by atoms with van der Waals surface area (Å²) in [6.45, 7) is 3.37. The zero-order chi connectivity index (χ0) is 20.2. The van der Waals surface area contributed by atoms with Gasteiger partial charge in [0.1, 0.15) is 17.5 Å². The minimum atomic E-state index is -3.74. The maximum atomic E-state index is 12.7. The lowest BCUT2D eigenvalue weighted by molar-refractivity contribution is -0.116. The first-order chi connectivity index (χ1) is 12.7. The fraction of sp³-hybridized carbons (Fsp3) is 0.316. The standard InChI is InChI=1S/C19H24N2O5S/c1-13-6-11-18(26-4)17(12-13)21(27(5,23)24)14(2)19(22)20-15-7-9-16(25-3)10-8-15/h6-12,14H,1-5H3,(H,20,22)/t14-/m1/s1. The number of methoxy groups -OCH3 is 2. The molecule has 0 fully saturated rings. The van der Waals surface area contributed by atoms with Crippen LogP contribution in [0.15, 0.2) is 42.5 Å². The maximum absolute atomic E-state index is 12.7. The number of aryl methyl sites for hydroxylation is 1.